The zero-order valence-corrected chi connectivity index (χ0v) is 16.8. The number of ether oxygens (including phenoxy) is 1. The van der Waals surface area contributed by atoms with E-state index in [0.717, 1.165) is 66.9 Å². The van der Waals surface area contributed by atoms with Crippen LogP contribution in [0.1, 0.15) is 5.56 Å². The number of hydrogen-bond acceptors (Lipinski definition) is 6. The molecule has 2 aromatic carbocycles. The number of nitrogens with one attached hydrogen (secondary N) is 1. The fourth-order valence-corrected chi connectivity index (χ4v) is 4.46. The highest BCUT2D eigenvalue weighted by Crippen LogP contribution is 2.26. The summed E-state index contributed by atoms with van der Waals surface area (Å²) in [4.78, 5) is 9.46. The Balaban J connectivity index is 1.22. The minimum atomic E-state index is -0.214. The molecule has 0 spiro atoms. The van der Waals surface area contributed by atoms with E-state index >= 15 is 0 Å². The number of rotatable bonds is 7. The average Bonchev–Trinajstić information content (AvgIpc) is 3.11. The third-order valence-corrected chi connectivity index (χ3v) is 6.08. The number of para-hydroxylation sites is 1. The number of hydrogen-bond donors (Lipinski definition) is 1. The first-order valence-electron chi connectivity index (χ1n) is 9.58. The van der Waals surface area contributed by atoms with Gasteiger partial charge in [-0.05, 0) is 24.3 Å². The minimum absolute atomic E-state index is 0.214. The van der Waals surface area contributed by atoms with Gasteiger partial charge in [-0.1, -0.05) is 29.5 Å². The lowest BCUT2D eigenvalue weighted by Crippen LogP contribution is -2.47. The summed E-state index contributed by atoms with van der Waals surface area (Å²) in [6.07, 6.45) is 0. The molecule has 1 N–H and O–H groups in total. The summed E-state index contributed by atoms with van der Waals surface area (Å²) in [5.74, 6) is 0.749. The second-order valence-electron chi connectivity index (χ2n) is 6.99. The van der Waals surface area contributed by atoms with Crippen molar-refractivity contribution in [2.24, 2.45) is 0 Å². The van der Waals surface area contributed by atoms with Crippen molar-refractivity contribution in [3.8, 4) is 5.75 Å². The van der Waals surface area contributed by atoms with Gasteiger partial charge in [-0.15, -0.1) is 0 Å². The lowest BCUT2D eigenvalue weighted by atomic mass is 10.1. The van der Waals surface area contributed by atoms with Crippen molar-refractivity contribution in [2.45, 2.75) is 6.54 Å². The van der Waals surface area contributed by atoms with E-state index in [4.69, 9.17) is 4.74 Å². The van der Waals surface area contributed by atoms with Crippen molar-refractivity contribution in [3.05, 3.63) is 53.8 Å². The van der Waals surface area contributed by atoms with Crippen LogP contribution in [0.2, 0.25) is 0 Å². The Morgan fingerprint density at radius 2 is 1.89 bits per heavy atom. The highest BCUT2D eigenvalue weighted by molar-refractivity contribution is 7.22. The van der Waals surface area contributed by atoms with Crippen molar-refractivity contribution in [1.82, 2.24) is 14.8 Å². The van der Waals surface area contributed by atoms with Crippen molar-refractivity contribution in [1.29, 1.82) is 0 Å². The van der Waals surface area contributed by atoms with E-state index < -0.39 is 0 Å². The van der Waals surface area contributed by atoms with Gasteiger partial charge in [0.2, 0.25) is 0 Å². The molecule has 148 valence electrons. The largest absolute Gasteiger partial charge is 0.496 e. The van der Waals surface area contributed by atoms with Gasteiger partial charge in [-0.25, -0.2) is 9.37 Å². The molecule has 7 heteroatoms. The van der Waals surface area contributed by atoms with Gasteiger partial charge in [0.1, 0.15) is 11.6 Å². The molecule has 0 atom stereocenters. The molecular formula is C21H25FN4OS. The predicted octanol–water partition coefficient (Wildman–Crippen LogP) is 3.67. The predicted molar refractivity (Wildman–Crippen MR) is 113 cm³/mol. The smallest absolute Gasteiger partial charge is 0.183 e. The SMILES string of the molecule is COc1ccccc1CN1CCN(CCNc2nc3ccc(F)cc3s2)CC1. The molecule has 0 amide bonds. The second kappa shape index (κ2) is 8.86. The molecule has 1 fully saturated rings. The summed E-state index contributed by atoms with van der Waals surface area (Å²) in [5.41, 5.74) is 2.09. The monoisotopic (exact) mass is 400 g/mol. The van der Waals surface area contributed by atoms with Gasteiger partial charge in [-0.2, -0.15) is 0 Å². The number of benzene rings is 2. The van der Waals surface area contributed by atoms with Crippen LogP contribution in [-0.2, 0) is 6.54 Å². The summed E-state index contributed by atoms with van der Waals surface area (Å²) in [6, 6.07) is 13.0. The van der Waals surface area contributed by atoms with Gasteiger partial charge in [-0.3, -0.25) is 9.80 Å². The number of anilines is 1. The first-order valence-corrected chi connectivity index (χ1v) is 10.4. The van der Waals surface area contributed by atoms with E-state index in [-0.39, 0.29) is 5.82 Å². The van der Waals surface area contributed by atoms with E-state index in [1.165, 1.54) is 23.0 Å². The lowest BCUT2D eigenvalue weighted by Gasteiger charge is -2.34. The van der Waals surface area contributed by atoms with E-state index in [2.05, 4.69) is 32.2 Å². The molecule has 0 aliphatic carbocycles. The number of halogens is 1. The quantitative estimate of drug-likeness (QED) is 0.655. The van der Waals surface area contributed by atoms with Crippen LogP contribution in [0.25, 0.3) is 10.2 Å². The van der Waals surface area contributed by atoms with Gasteiger partial charge in [0.05, 0.1) is 17.3 Å². The Hall–Kier alpha value is -2.22. The Morgan fingerprint density at radius 3 is 2.71 bits per heavy atom. The Bertz CT molecular complexity index is 924. The third-order valence-electron chi connectivity index (χ3n) is 5.11. The molecular weight excluding hydrogens is 375 g/mol. The van der Waals surface area contributed by atoms with Gasteiger partial charge < -0.3 is 10.1 Å². The molecule has 1 saturated heterocycles. The molecule has 3 aromatic rings. The van der Waals surface area contributed by atoms with Crippen molar-refractivity contribution < 1.29 is 9.13 Å². The van der Waals surface area contributed by atoms with Crippen LogP contribution < -0.4 is 10.1 Å². The van der Waals surface area contributed by atoms with Gasteiger partial charge in [0.25, 0.3) is 0 Å². The van der Waals surface area contributed by atoms with Gasteiger partial charge in [0, 0.05) is 51.4 Å². The lowest BCUT2D eigenvalue weighted by molar-refractivity contribution is 0.130. The molecule has 28 heavy (non-hydrogen) atoms. The number of methoxy groups -OCH3 is 1. The molecule has 0 saturated carbocycles. The number of thiazole rings is 1. The minimum Gasteiger partial charge on any atom is -0.496 e. The standard InChI is InChI=1S/C21H25FN4OS/c1-27-19-5-3-2-4-16(19)15-26-12-10-25(11-13-26)9-8-23-21-24-18-7-6-17(22)14-20(18)28-21/h2-7,14H,8-13,15H2,1H3,(H,23,24). The van der Waals surface area contributed by atoms with Crippen LogP contribution in [0.5, 0.6) is 5.75 Å². The van der Waals surface area contributed by atoms with Crippen LogP contribution >= 0.6 is 11.3 Å². The zero-order valence-electron chi connectivity index (χ0n) is 16.0. The number of aromatic nitrogens is 1. The van der Waals surface area contributed by atoms with Crippen molar-refractivity contribution in [2.75, 3.05) is 51.7 Å². The number of fused-ring (bicyclic) bond motifs is 1. The first-order chi connectivity index (χ1) is 13.7. The van der Waals surface area contributed by atoms with Crippen LogP contribution in [0.4, 0.5) is 9.52 Å². The summed E-state index contributed by atoms with van der Waals surface area (Å²) in [6.45, 7) is 6.97. The zero-order chi connectivity index (χ0) is 19.3. The maximum atomic E-state index is 13.3. The van der Waals surface area contributed by atoms with Crippen LogP contribution in [0.15, 0.2) is 42.5 Å². The number of piperazine rings is 1. The van der Waals surface area contributed by atoms with E-state index in [9.17, 15) is 4.39 Å². The summed E-state index contributed by atoms with van der Waals surface area (Å²) >= 11 is 1.50. The Morgan fingerprint density at radius 1 is 1.11 bits per heavy atom. The molecule has 1 aliphatic rings. The maximum Gasteiger partial charge on any atom is 0.183 e. The molecule has 2 heterocycles. The van der Waals surface area contributed by atoms with Crippen LogP contribution in [0, 0.1) is 5.82 Å². The Kier molecular flexibility index (Phi) is 6.04. The molecule has 1 aromatic heterocycles. The second-order valence-corrected chi connectivity index (χ2v) is 8.02. The van der Waals surface area contributed by atoms with E-state index in [1.54, 1.807) is 19.2 Å². The third kappa shape index (κ3) is 4.60. The average molecular weight is 401 g/mol. The fraction of sp³-hybridized carbons (Fsp3) is 0.381. The Labute approximate surface area is 168 Å². The summed E-state index contributed by atoms with van der Waals surface area (Å²) in [7, 11) is 1.73. The van der Waals surface area contributed by atoms with E-state index in [0.29, 0.717) is 0 Å². The highest BCUT2D eigenvalue weighted by Gasteiger charge is 2.18. The van der Waals surface area contributed by atoms with Crippen molar-refractivity contribution >= 4 is 26.7 Å². The topological polar surface area (TPSA) is 40.6 Å². The maximum absolute atomic E-state index is 13.3. The fourth-order valence-electron chi connectivity index (χ4n) is 3.54. The van der Waals surface area contributed by atoms with Gasteiger partial charge >= 0.3 is 0 Å². The number of nitrogens with zero attached hydrogens (tertiary/aromatic N) is 3. The normalized spacial score (nSPS) is 15.8. The van der Waals surface area contributed by atoms with Crippen LogP contribution in [0.3, 0.4) is 0 Å². The van der Waals surface area contributed by atoms with Crippen LogP contribution in [-0.4, -0.2) is 61.2 Å². The molecule has 0 unspecified atom stereocenters. The highest BCUT2D eigenvalue weighted by atomic mass is 32.1. The first kappa shape index (κ1) is 19.1. The van der Waals surface area contributed by atoms with Gasteiger partial charge in [0.15, 0.2) is 5.13 Å². The molecule has 0 bridgehead atoms. The summed E-state index contributed by atoms with van der Waals surface area (Å²) in [5, 5.41) is 4.24. The molecule has 4 rings (SSSR count). The molecule has 1 aliphatic heterocycles. The van der Waals surface area contributed by atoms with Crippen molar-refractivity contribution in [3.63, 3.8) is 0 Å². The molecule has 0 radical (unpaired) electrons. The van der Waals surface area contributed by atoms with E-state index in [1.807, 2.05) is 12.1 Å². The molecule has 5 nitrogen and oxygen atoms in total. The summed E-state index contributed by atoms with van der Waals surface area (Å²) < 4.78 is 19.6.